The van der Waals surface area contributed by atoms with Gasteiger partial charge in [-0.3, -0.25) is 4.79 Å². The van der Waals surface area contributed by atoms with Crippen LogP contribution in [-0.4, -0.2) is 37.8 Å². The third kappa shape index (κ3) is 4.83. The molecule has 1 heterocycles. The number of phenolic OH excluding ortho intramolecular Hbond substituents is 3. The lowest BCUT2D eigenvalue weighted by Crippen LogP contribution is -2.23. The van der Waals surface area contributed by atoms with Gasteiger partial charge in [0.1, 0.15) is 11.4 Å². The van der Waals surface area contributed by atoms with Gasteiger partial charge in [-0.15, -0.1) is 0 Å². The summed E-state index contributed by atoms with van der Waals surface area (Å²) < 4.78 is 10.6. The number of hydrogen-bond donors (Lipinski definition) is 4. The third-order valence-electron chi connectivity index (χ3n) is 4.27. The number of carbonyl (C=O) groups is 2. The van der Waals surface area contributed by atoms with Gasteiger partial charge >= 0.3 is 11.9 Å². The standard InChI is InChI=1S/C22H23NO7/c1-22(2,3)30-19(26)7-4-12-11-23-16-6-5-14(10-15(12)16)29-21(28)13-8-17(24)20(27)18(25)9-13/h5-6,8-11,23-25,27H,4,7H2,1-3H3. The van der Waals surface area contributed by atoms with E-state index in [1.807, 2.05) is 20.8 Å². The molecule has 3 aromatic rings. The number of aryl methyl sites for hydroxylation is 1. The molecule has 0 spiro atoms. The fourth-order valence-corrected chi connectivity index (χ4v) is 2.95. The van der Waals surface area contributed by atoms with Gasteiger partial charge in [-0.25, -0.2) is 4.79 Å². The highest BCUT2D eigenvalue weighted by Crippen LogP contribution is 2.35. The summed E-state index contributed by atoms with van der Waals surface area (Å²) >= 11 is 0. The molecule has 4 N–H and O–H groups in total. The van der Waals surface area contributed by atoms with Gasteiger partial charge < -0.3 is 29.8 Å². The van der Waals surface area contributed by atoms with Crippen LogP contribution >= 0.6 is 0 Å². The van der Waals surface area contributed by atoms with Crippen molar-refractivity contribution < 1.29 is 34.4 Å². The molecule has 158 valence electrons. The van der Waals surface area contributed by atoms with Crippen LogP contribution in [0, 0.1) is 0 Å². The van der Waals surface area contributed by atoms with Crippen LogP contribution in [0.15, 0.2) is 36.5 Å². The van der Waals surface area contributed by atoms with E-state index in [1.54, 1.807) is 24.4 Å². The first-order valence-electron chi connectivity index (χ1n) is 9.32. The molecule has 0 saturated carbocycles. The van der Waals surface area contributed by atoms with Crippen LogP contribution in [0.3, 0.4) is 0 Å². The molecule has 0 aliphatic heterocycles. The van der Waals surface area contributed by atoms with E-state index in [4.69, 9.17) is 9.47 Å². The molecule has 0 aliphatic rings. The van der Waals surface area contributed by atoms with E-state index >= 15 is 0 Å². The predicted octanol–water partition coefficient (Wildman–Crippen LogP) is 3.78. The van der Waals surface area contributed by atoms with E-state index in [2.05, 4.69) is 4.98 Å². The Balaban J connectivity index is 1.76. The molecule has 8 heteroatoms. The fraction of sp³-hybridized carbons (Fsp3) is 0.273. The first-order valence-corrected chi connectivity index (χ1v) is 9.32. The second kappa shape index (κ2) is 7.98. The van der Waals surface area contributed by atoms with Crippen LogP contribution in [0.2, 0.25) is 0 Å². The van der Waals surface area contributed by atoms with E-state index < -0.39 is 28.8 Å². The number of phenols is 3. The highest BCUT2D eigenvalue weighted by molar-refractivity contribution is 5.93. The summed E-state index contributed by atoms with van der Waals surface area (Å²) in [5, 5.41) is 29.3. The number of aromatic amines is 1. The van der Waals surface area contributed by atoms with Crippen LogP contribution in [0.1, 0.15) is 43.1 Å². The third-order valence-corrected chi connectivity index (χ3v) is 4.27. The maximum Gasteiger partial charge on any atom is 0.343 e. The van der Waals surface area contributed by atoms with Gasteiger partial charge in [0.2, 0.25) is 0 Å². The molecule has 2 aromatic carbocycles. The largest absolute Gasteiger partial charge is 0.504 e. The Morgan fingerprint density at radius 3 is 2.33 bits per heavy atom. The molecular formula is C22H23NO7. The minimum Gasteiger partial charge on any atom is -0.504 e. The SMILES string of the molecule is CC(C)(C)OC(=O)CCc1c[nH]c2ccc(OC(=O)c3cc(O)c(O)c(O)c3)cc12. The van der Waals surface area contributed by atoms with Gasteiger partial charge in [0.25, 0.3) is 0 Å². The average Bonchev–Trinajstić information content (AvgIpc) is 3.05. The van der Waals surface area contributed by atoms with Gasteiger partial charge in [0.05, 0.1) is 5.56 Å². The Labute approximate surface area is 172 Å². The predicted molar refractivity (Wildman–Crippen MR) is 109 cm³/mol. The van der Waals surface area contributed by atoms with E-state index in [-0.39, 0.29) is 23.7 Å². The van der Waals surface area contributed by atoms with Crippen molar-refractivity contribution in [2.24, 2.45) is 0 Å². The van der Waals surface area contributed by atoms with Crippen molar-refractivity contribution in [2.75, 3.05) is 0 Å². The number of hydrogen-bond acceptors (Lipinski definition) is 7. The number of H-pyrrole nitrogens is 1. The van der Waals surface area contributed by atoms with Gasteiger partial charge in [-0.1, -0.05) is 0 Å². The lowest BCUT2D eigenvalue weighted by molar-refractivity contribution is -0.154. The van der Waals surface area contributed by atoms with Gasteiger partial charge in [0, 0.05) is 23.5 Å². The summed E-state index contributed by atoms with van der Waals surface area (Å²) in [6.07, 6.45) is 2.45. The molecule has 30 heavy (non-hydrogen) atoms. The average molecular weight is 413 g/mol. The number of fused-ring (bicyclic) bond motifs is 1. The quantitative estimate of drug-likeness (QED) is 0.285. The van der Waals surface area contributed by atoms with Crippen LogP contribution < -0.4 is 4.74 Å². The van der Waals surface area contributed by atoms with Crippen molar-refractivity contribution in [1.82, 2.24) is 4.98 Å². The fourth-order valence-electron chi connectivity index (χ4n) is 2.95. The highest BCUT2D eigenvalue weighted by atomic mass is 16.6. The smallest absolute Gasteiger partial charge is 0.343 e. The van der Waals surface area contributed by atoms with Crippen molar-refractivity contribution in [1.29, 1.82) is 0 Å². The van der Waals surface area contributed by atoms with Crippen molar-refractivity contribution >= 4 is 22.8 Å². The molecular weight excluding hydrogens is 390 g/mol. The number of aromatic hydroxyl groups is 3. The molecule has 0 amide bonds. The van der Waals surface area contributed by atoms with Gasteiger partial charge in [-0.05, 0) is 63.1 Å². The molecule has 0 bridgehead atoms. The van der Waals surface area contributed by atoms with Crippen molar-refractivity contribution in [2.45, 2.75) is 39.2 Å². The van der Waals surface area contributed by atoms with E-state index in [0.29, 0.717) is 6.42 Å². The highest BCUT2D eigenvalue weighted by Gasteiger charge is 2.18. The first-order chi connectivity index (χ1) is 14.0. The van der Waals surface area contributed by atoms with Gasteiger partial charge in [-0.2, -0.15) is 0 Å². The topological polar surface area (TPSA) is 129 Å². The molecule has 3 rings (SSSR count). The Morgan fingerprint density at radius 1 is 1.03 bits per heavy atom. The molecule has 0 fully saturated rings. The Hall–Kier alpha value is -3.68. The zero-order valence-corrected chi connectivity index (χ0v) is 16.9. The summed E-state index contributed by atoms with van der Waals surface area (Å²) in [5.41, 5.74) is 1.01. The van der Waals surface area contributed by atoms with Gasteiger partial charge in [0.15, 0.2) is 17.2 Å². The number of ether oxygens (including phenoxy) is 2. The van der Waals surface area contributed by atoms with Crippen molar-refractivity contribution in [3.63, 3.8) is 0 Å². The Kier molecular flexibility index (Phi) is 5.60. The number of rotatable bonds is 5. The maximum absolute atomic E-state index is 12.3. The maximum atomic E-state index is 12.3. The summed E-state index contributed by atoms with van der Waals surface area (Å²) in [6, 6.07) is 6.99. The Bertz CT molecular complexity index is 1090. The summed E-state index contributed by atoms with van der Waals surface area (Å²) in [4.78, 5) is 27.4. The molecule has 0 saturated heterocycles. The van der Waals surface area contributed by atoms with E-state index in [9.17, 15) is 24.9 Å². The number of benzene rings is 2. The molecule has 0 unspecified atom stereocenters. The second-order valence-corrected chi connectivity index (χ2v) is 7.86. The van der Waals surface area contributed by atoms with E-state index in [1.165, 1.54) is 0 Å². The van der Waals surface area contributed by atoms with Crippen LogP contribution in [-0.2, 0) is 16.0 Å². The monoisotopic (exact) mass is 413 g/mol. The van der Waals surface area contributed by atoms with Crippen molar-refractivity contribution in [3.05, 3.63) is 47.7 Å². The molecule has 0 atom stereocenters. The normalized spacial score (nSPS) is 11.4. The number of esters is 2. The Morgan fingerprint density at radius 2 is 1.70 bits per heavy atom. The molecule has 8 nitrogen and oxygen atoms in total. The lowest BCUT2D eigenvalue weighted by atomic mass is 10.1. The minimum absolute atomic E-state index is 0.123. The second-order valence-electron chi connectivity index (χ2n) is 7.86. The summed E-state index contributed by atoms with van der Waals surface area (Å²) in [6.45, 7) is 5.43. The summed E-state index contributed by atoms with van der Waals surface area (Å²) in [7, 11) is 0. The lowest BCUT2D eigenvalue weighted by Gasteiger charge is -2.19. The zero-order chi connectivity index (χ0) is 22.1. The number of aromatic nitrogens is 1. The van der Waals surface area contributed by atoms with Crippen molar-refractivity contribution in [3.8, 4) is 23.0 Å². The summed E-state index contributed by atoms with van der Waals surface area (Å²) in [5.74, 6) is -2.84. The molecule has 1 aromatic heterocycles. The minimum atomic E-state index is -0.814. The van der Waals surface area contributed by atoms with Crippen LogP contribution in [0.5, 0.6) is 23.0 Å². The zero-order valence-electron chi connectivity index (χ0n) is 16.9. The van der Waals surface area contributed by atoms with Crippen LogP contribution in [0.25, 0.3) is 10.9 Å². The van der Waals surface area contributed by atoms with Crippen LogP contribution in [0.4, 0.5) is 0 Å². The molecule has 0 aliphatic carbocycles. The number of carbonyl (C=O) groups excluding carboxylic acids is 2. The first kappa shape index (κ1) is 21.0. The number of nitrogens with one attached hydrogen (secondary N) is 1. The molecule has 0 radical (unpaired) electrons. The van der Waals surface area contributed by atoms with E-state index in [0.717, 1.165) is 28.6 Å².